The Morgan fingerprint density at radius 3 is 1.68 bits per heavy atom. The van der Waals surface area contributed by atoms with E-state index in [1.165, 1.54) is 12.4 Å². The zero-order chi connectivity index (χ0) is 34.4. The van der Waals surface area contributed by atoms with Crippen LogP contribution in [0.1, 0.15) is 38.4 Å². The molecule has 11 heteroatoms. The number of aliphatic hydroxyl groups is 2. The Hall–Kier alpha value is -6.37. The number of benzene rings is 2. The SMILES string of the molecule is CN(CCO)c1ccc(C=O)cc1.[C-]#[N+]/C(=C\c1ccc(N(C)CCO)cc1)c1ccc(C#N)cn1.[C-]#[N+]Cc1ccc(C#N)cn1. The molecule has 2 heterocycles. The number of carbonyl (C=O) groups is 1. The van der Waals surface area contributed by atoms with E-state index in [0.29, 0.717) is 46.9 Å². The standard InChI is InChI=1S/C18H16N4O.C10H13NO2.C8H5N3/c1-20-18(17-8-5-15(12-19)13-21-17)11-14-3-6-16(7-4-14)22(2)9-10-23;1-11(6-7-12)10-4-2-9(8-13)3-5-10;1-10-6-8-3-2-7(4-9)5-11-8/h3-8,11,13,23H,9-10H2,2H3;2-5,8,12H,6-7H2,1H3;2-3,5H,6H2/b18-11-;;. The number of carbonyl (C=O) groups excluding carboxylic acids is 1. The van der Waals surface area contributed by atoms with E-state index < -0.39 is 0 Å². The zero-order valence-electron chi connectivity index (χ0n) is 26.2. The maximum Gasteiger partial charge on any atom is 0.256 e. The second-order valence-electron chi connectivity index (χ2n) is 9.74. The van der Waals surface area contributed by atoms with E-state index in [2.05, 4.69) is 19.7 Å². The first kappa shape index (κ1) is 36.8. The molecule has 0 bridgehead atoms. The number of aromatic nitrogens is 2. The van der Waals surface area contributed by atoms with Crippen LogP contribution in [0.15, 0.2) is 85.2 Å². The normalized spacial score (nSPS) is 9.83. The van der Waals surface area contributed by atoms with Gasteiger partial charge in [0.05, 0.1) is 36.6 Å². The minimum absolute atomic E-state index is 0.102. The van der Waals surface area contributed by atoms with Gasteiger partial charge in [0, 0.05) is 56.5 Å². The molecule has 0 aliphatic heterocycles. The van der Waals surface area contributed by atoms with E-state index in [-0.39, 0.29) is 19.8 Å². The van der Waals surface area contributed by atoms with Crippen molar-refractivity contribution in [2.24, 2.45) is 0 Å². The smallest absolute Gasteiger partial charge is 0.256 e. The molecule has 11 nitrogen and oxygen atoms in total. The summed E-state index contributed by atoms with van der Waals surface area (Å²) in [5.41, 5.74) is 6.22. The number of nitrogens with zero attached hydrogens (tertiary/aromatic N) is 8. The Morgan fingerprint density at radius 2 is 1.30 bits per heavy atom. The molecule has 0 amide bonds. The summed E-state index contributed by atoms with van der Waals surface area (Å²) in [6, 6.07) is 25.6. The van der Waals surface area contributed by atoms with E-state index in [1.54, 1.807) is 42.5 Å². The van der Waals surface area contributed by atoms with Crippen molar-refractivity contribution in [2.45, 2.75) is 6.54 Å². The number of pyridine rings is 2. The average Bonchev–Trinajstić information content (AvgIpc) is 3.12. The summed E-state index contributed by atoms with van der Waals surface area (Å²) in [7, 11) is 3.80. The lowest BCUT2D eigenvalue weighted by molar-refractivity contribution is 0.112. The van der Waals surface area contributed by atoms with Crippen molar-refractivity contribution in [3.05, 3.63) is 142 Å². The predicted octanol–water partition coefficient (Wildman–Crippen LogP) is 5.10. The van der Waals surface area contributed by atoms with Gasteiger partial charge in [-0.2, -0.15) is 10.5 Å². The number of hydrogen-bond acceptors (Lipinski definition) is 9. The van der Waals surface area contributed by atoms with Crippen LogP contribution in [0.5, 0.6) is 0 Å². The first-order chi connectivity index (χ1) is 22.8. The second kappa shape index (κ2) is 20.6. The zero-order valence-corrected chi connectivity index (χ0v) is 26.2. The van der Waals surface area contributed by atoms with Crippen LogP contribution in [-0.4, -0.2) is 66.9 Å². The number of nitriles is 2. The van der Waals surface area contributed by atoms with Gasteiger partial charge in [0.1, 0.15) is 24.1 Å². The van der Waals surface area contributed by atoms with Crippen LogP contribution in [0.3, 0.4) is 0 Å². The van der Waals surface area contributed by atoms with Crippen molar-refractivity contribution >= 4 is 29.4 Å². The Morgan fingerprint density at radius 1 is 0.787 bits per heavy atom. The fourth-order valence-electron chi connectivity index (χ4n) is 3.79. The van der Waals surface area contributed by atoms with Crippen molar-refractivity contribution in [1.82, 2.24) is 9.97 Å². The first-order valence-electron chi connectivity index (χ1n) is 14.3. The number of aldehydes is 1. The molecule has 236 valence electrons. The van der Waals surface area contributed by atoms with Crippen molar-refractivity contribution in [1.29, 1.82) is 10.5 Å². The van der Waals surface area contributed by atoms with Gasteiger partial charge in [0.15, 0.2) is 0 Å². The fourth-order valence-corrected chi connectivity index (χ4v) is 3.79. The number of anilines is 2. The molecule has 0 saturated carbocycles. The van der Waals surface area contributed by atoms with Crippen molar-refractivity contribution in [2.75, 3.05) is 50.2 Å². The quantitative estimate of drug-likeness (QED) is 0.181. The van der Waals surface area contributed by atoms with Crippen molar-refractivity contribution < 1.29 is 15.0 Å². The summed E-state index contributed by atoms with van der Waals surface area (Å²) in [6.45, 7) is 15.6. The topological polar surface area (TPSA) is 146 Å². The Labute approximate surface area is 275 Å². The molecule has 2 N–H and O–H groups in total. The second-order valence-corrected chi connectivity index (χ2v) is 9.74. The van der Waals surface area contributed by atoms with Crippen LogP contribution in [0.4, 0.5) is 11.4 Å². The third-order valence-corrected chi connectivity index (χ3v) is 6.45. The maximum absolute atomic E-state index is 10.4. The molecule has 0 unspecified atom stereocenters. The summed E-state index contributed by atoms with van der Waals surface area (Å²) in [5, 5.41) is 34.8. The van der Waals surface area contributed by atoms with E-state index in [9.17, 15) is 4.79 Å². The van der Waals surface area contributed by atoms with E-state index in [1.807, 2.05) is 72.4 Å². The Kier molecular flexibility index (Phi) is 16.1. The highest BCUT2D eigenvalue weighted by Gasteiger charge is 2.05. The highest BCUT2D eigenvalue weighted by molar-refractivity contribution is 5.84. The predicted molar refractivity (Wildman–Crippen MR) is 182 cm³/mol. The summed E-state index contributed by atoms with van der Waals surface area (Å²) in [4.78, 5) is 29.0. The van der Waals surface area contributed by atoms with Gasteiger partial charge in [-0.05, 0) is 72.3 Å². The number of aliphatic hydroxyl groups excluding tert-OH is 2. The van der Waals surface area contributed by atoms with E-state index >= 15 is 0 Å². The van der Waals surface area contributed by atoms with Gasteiger partial charge in [-0.1, -0.05) is 12.1 Å². The molecule has 0 atom stereocenters. The molecule has 47 heavy (non-hydrogen) atoms. The molecule has 0 aliphatic carbocycles. The lowest BCUT2D eigenvalue weighted by atomic mass is 10.1. The van der Waals surface area contributed by atoms with E-state index in [4.69, 9.17) is 33.9 Å². The molecular weight excluding hydrogens is 592 g/mol. The highest BCUT2D eigenvalue weighted by atomic mass is 16.3. The van der Waals surface area contributed by atoms with Gasteiger partial charge in [-0.3, -0.25) is 14.8 Å². The minimum atomic E-state index is 0.102. The van der Waals surface area contributed by atoms with Gasteiger partial charge in [0.2, 0.25) is 5.70 Å². The van der Waals surface area contributed by atoms with Gasteiger partial charge in [0.25, 0.3) is 6.54 Å². The molecule has 2 aromatic heterocycles. The molecular formula is C36H34N8O3. The van der Waals surface area contributed by atoms with Crippen molar-refractivity contribution in [3.63, 3.8) is 0 Å². The number of hydrogen-bond donors (Lipinski definition) is 2. The summed E-state index contributed by atoms with van der Waals surface area (Å²) in [5.74, 6) is 0. The van der Waals surface area contributed by atoms with Crippen LogP contribution in [0.2, 0.25) is 0 Å². The van der Waals surface area contributed by atoms with Crippen LogP contribution in [-0.2, 0) is 6.54 Å². The lowest BCUT2D eigenvalue weighted by Gasteiger charge is -2.17. The number of rotatable bonds is 10. The van der Waals surface area contributed by atoms with Crippen LogP contribution in [0, 0.1) is 35.8 Å². The summed E-state index contributed by atoms with van der Waals surface area (Å²) >= 11 is 0. The molecule has 2 aromatic carbocycles. The Balaban J connectivity index is 0.000000270. The summed E-state index contributed by atoms with van der Waals surface area (Å²) in [6.07, 6.45) is 5.51. The lowest BCUT2D eigenvalue weighted by Crippen LogP contribution is -2.20. The third kappa shape index (κ3) is 12.6. The molecule has 0 saturated heterocycles. The number of likely N-dealkylation sites (N-methyl/N-ethyl adjacent to an activating group) is 2. The van der Waals surface area contributed by atoms with Gasteiger partial charge >= 0.3 is 0 Å². The fraction of sp³-hybridized carbons (Fsp3) is 0.194. The van der Waals surface area contributed by atoms with Crippen LogP contribution < -0.4 is 9.80 Å². The van der Waals surface area contributed by atoms with Gasteiger partial charge in [-0.15, -0.1) is 0 Å². The van der Waals surface area contributed by atoms with E-state index in [0.717, 1.165) is 23.2 Å². The molecule has 0 radical (unpaired) electrons. The maximum atomic E-state index is 10.4. The molecule has 0 aliphatic rings. The highest BCUT2D eigenvalue weighted by Crippen LogP contribution is 2.20. The largest absolute Gasteiger partial charge is 0.395 e. The first-order valence-corrected chi connectivity index (χ1v) is 14.3. The molecule has 4 aromatic rings. The van der Waals surface area contributed by atoms with Gasteiger partial charge < -0.3 is 24.9 Å². The monoisotopic (exact) mass is 626 g/mol. The van der Waals surface area contributed by atoms with Crippen LogP contribution >= 0.6 is 0 Å². The average molecular weight is 627 g/mol. The Bertz CT molecular complexity index is 1740. The third-order valence-electron chi connectivity index (χ3n) is 6.45. The van der Waals surface area contributed by atoms with Crippen LogP contribution in [0.25, 0.3) is 21.5 Å². The minimum Gasteiger partial charge on any atom is -0.395 e. The molecule has 0 spiro atoms. The van der Waals surface area contributed by atoms with Crippen molar-refractivity contribution in [3.8, 4) is 12.1 Å². The molecule has 0 fully saturated rings. The summed E-state index contributed by atoms with van der Waals surface area (Å²) < 4.78 is 0. The molecule has 4 rings (SSSR count). The van der Waals surface area contributed by atoms with Gasteiger partial charge in [-0.25, -0.2) is 11.4 Å².